The zero-order valence-electron chi connectivity index (χ0n) is 15.6. The number of hydrogen-bond donors (Lipinski definition) is 2. The van der Waals surface area contributed by atoms with E-state index in [9.17, 15) is 14.3 Å². The van der Waals surface area contributed by atoms with Crippen molar-refractivity contribution in [1.82, 2.24) is 9.55 Å². The SMILES string of the molecule is Cc1ccc2n(c1=O)Cc1c-2nc2ccccc2c1CCCOP(=O)(O)CN. The molecule has 3 aromatic rings. The van der Waals surface area contributed by atoms with E-state index in [1.54, 1.807) is 4.57 Å². The molecule has 0 saturated heterocycles. The molecule has 4 rings (SSSR count). The summed E-state index contributed by atoms with van der Waals surface area (Å²) in [4.78, 5) is 26.9. The monoisotopic (exact) mass is 399 g/mol. The van der Waals surface area contributed by atoms with Crippen LogP contribution in [0.15, 0.2) is 41.2 Å². The summed E-state index contributed by atoms with van der Waals surface area (Å²) in [5.41, 5.74) is 10.6. The standard InChI is InChI=1S/C20H22N3O4P/c1-13-8-9-18-19-16(11-23(18)20(13)24)14(6-4-10-27-28(25,26)12-21)15-5-2-3-7-17(15)22-19/h2-3,5,7-9H,4,6,10-12,21H2,1H3,(H,25,26). The van der Waals surface area contributed by atoms with Gasteiger partial charge in [-0.2, -0.15) is 0 Å². The first-order chi connectivity index (χ1) is 13.4. The summed E-state index contributed by atoms with van der Waals surface area (Å²) < 4.78 is 18.4. The van der Waals surface area contributed by atoms with Gasteiger partial charge < -0.3 is 19.7 Å². The van der Waals surface area contributed by atoms with Crippen LogP contribution in [-0.2, 0) is 22.1 Å². The fourth-order valence-electron chi connectivity index (χ4n) is 3.71. The molecule has 1 unspecified atom stereocenters. The van der Waals surface area contributed by atoms with E-state index in [2.05, 4.69) is 0 Å². The Hall–Kier alpha value is -2.31. The molecule has 0 radical (unpaired) electrons. The van der Waals surface area contributed by atoms with E-state index in [0.717, 1.165) is 33.4 Å². The molecule has 3 N–H and O–H groups in total. The van der Waals surface area contributed by atoms with Gasteiger partial charge in [0.15, 0.2) is 0 Å². The van der Waals surface area contributed by atoms with Crippen LogP contribution in [0.4, 0.5) is 0 Å². The van der Waals surface area contributed by atoms with Crippen LogP contribution >= 0.6 is 7.60 Å². The molecule has 0 fully saturated rings. The van der Waals surface area contributed by atoms with Gasteiger partial charge in [0.2, 0.25) is 0 Å². The topological polar surface area (TPSA) is 107 Å². The molecule has 7 nitrogen and oxygen atoms in total. The summed E-state index contributed by atoms with van der Waals surface area (Å²) >= 11 is 0. The van der Waals surface area contributed by atoms with Gasteiger partial charge in [0.25, 0.3) is 5.56 Å². The summed E-state index contributed by atoms with van der Waals surface area (Å²) in [5.74, 6) is 0. The second-order valence-corrected chi connectivity index (χ2v) is 8.88. The molecule has 1 aromatic carbocycles. The molecule has 0 aliphatic carbocycles. The van der Waals surface area contributed by atoms with Gasteiger partial charge in [-0.3, -0.25) is 9.36 Å². The average molecular weight is 399 g/mol. The molecule has 3 heterocycles. The normalized spacial score (nSPS) is 14.7. The van der Waals surface area contributed by atoms with Crippen molar-refractivity contribution < 1.29 is 14.0 Å². The summed E-state index contributed by atoms with van der Waals surface area (Å²) in [6.45, 7) is 2.44. The first-order valence-electron chi connectivity index (χ1n) is 9.19. The van der Waals surface area contributed by atoms with Crippen LogP contribution < -0.4 is 11.3 Å². The molecule has 0 spiro atoms. The molecule has 1 aliphatic rings. The van der Waals surface area contributed by atoms with Crippen LogP contribution in [0, 0.1) is 6.92 Å². The van der Waals surface area contributed by atoms with Crippen molar-refractivity contribution in [2.24, 2.45) is 5.73 Å². The van der Waals surface area contributed by atoms with Gasteiger partial charge in [-0.1, -0.05) is 24.3 Å². The molecule has 8 heteroatoms. The minimum Gasteiger partial charge on any atom is -0.323 e. The van der Waals surface area contributed by atoms with Crippen molar-refractivity contribution in [2.45, 2.75) is 26.3 Å². The van der Waals surface area contributed by atoms with Crippen LogP contribution in [0.1, 0.15) is 23.1 Å². The maximum Gasteiger partial charge on any atom is 0.341 e. The van der Waals surface area contributed by atoms with Gasteiger partial charge in [-0.15, -0.1) is 0 Å². The molecular formula is C20H22N3O4P. The van der Waals surface area contributed by atoms with E-state index < -0.39 is 13.9 Å². The summed E-state index contributed by atoms with van der Waals surface area (Å²) in [5, 5.41) is 1.03. The zero-order valence-corrected chi connectivity index (χ0v) is 16.5. The third-order valence-corrected chi connectivity index (χ3v) is 6.18. The smallest absolute Gasteiger partial charge is 0.323 e. The maximum absolute atomic E-state index is 12.6. The highest BCUT2D eigenvalue weighted by atomic mass is 31.2. The van der Waals surface area contributed by atoms with Crippen molar-refractivity contribution >= 4 is 18.5 Å². The van der Waals surface area contributed by atoms with Crippen molar-refractivity contribution in [2.75, 3.05) is 12.9 Å². The number of fused-ring (bicyclic) bond motifs is 4. The second-order valence-electron chi connectivity index (χ2n) is 6.98. The molecule has 0 saturated carbocycles. The Morgan fingerprint density at radius 1 is 1.29 bits per heavy atom. The first kappa shape index (κ1) is 19.0. The summed E-state index contributed by atoms with van der Waals surface area (Å²) in [6, 6.07) is 11.7. The third-order valence-electron chi connectivity index (χ3n) is 5.13. The number of aryl methyl sites for hydroxylation is 2. The maximum atomic E-state index is 12.6. The Morgan fingerprint density at radius 3 is 2.86 bits per heavy atom. The van der Waals surface area contributed by atoms with E-state index in [1.807, 2.05) is 43.3 Å². The number of benzene rings is 1. The summed E-state index contributed by atoms with van der Waals surface area (Å²) in [6.07, 6.45) is 0.824. The lowest BCUT2D eigenvalue weighted by atomic mass is 9.97. The van der Waals surface area contributed by atoms with E-state index in [0.29, 0.717) is 24.9 Å². The Morgan fingerprint density at radius 2 is 2.07 bits per heavy atom. The predicted molar refractivity (Wildman–Crippen MR) is 108 cm³/mol. The number of pyridine rings is 2. The third kappa shape index (κ3) is 3.31. The Balaban J connectivity index is 1.73. The molecule has 2 aromatic heterocycles. The van der Waals surface area contributed by atoms with Crippen LogP contribution in [0.5, 0.6) is 0 Å². The second kappa shape index (κ2) is 7.26. The molecule has 0 amide bonds. The van der Waals surface area contributed by atoms with Crippen molar-refractivity contribution in [3.05, 3.63) is 63.4 Å². The number of para-hydroxylation sites is 1. The minimum atomic E-state index is -3.70. The van der Waals surface area contributed by atoms with Crippen LogP contribution in [0.2, 0.25) is 0 Å². The highest BCUT2D eigenvalue weighted by Crippen LogP contribution is 2.40. The lowest BCUT2D eigenvalue weighted by Gasteiger charge is -2.13. The van der Waals surface area contributed by atoms with Gasteiger partial charge in [-0.05, 0) is 37.5 Å². The van der Waals surface area contributed by atoms with Gasteiger partial charge in [-0.25, -0.2) is 4.98 Å². The average Bonchev–Trinajstić information content (AvgIpc) is 3.06. The largest absolute Gasteiger partial charge is 0.341 e. The van der Waals surface area contributed by atoms with Gasteiger partial charge in [0.05, 0.1) is 36.3 Å². The summed E-state index contributed by atoms with van der Waals surface area (Å²) in [7, 11) is -3.70. The van der Waals surface area contributed by atoms with Gasteiger partial charge in [0, 0.05) is 16.5 Å². The molecule has 28 heavy (non-hydrogen) atoms. The lowest BCUT2D eigenvalue weighted by Crippen LogP contribution is -2.20. The molecule has 146 valence electrons. The lowest BCUT2D eigenvalue weighted by molar-refractivity contribution is 0.256. The van der Waals surface area contributed by atoms with Crippen molar-refractivity contribution in [3.8, 4) is 11.4 Å². The predicted octanol–water partition coefficient (Wildman–Crippen LogP) is 2.78. The zero-order chi connectivity index (χ0) is 19.9. The van der Waals surface area contributed by atoms with E-state index in [-0.39, 0.29) is 12.2 Å². The van der Waals surface area contributed by atoms with Gasteiger partial charge in [0.1, 0.15) is 0 Å². The Bertz CT molecular complexity index is 1170. The van der Waals surface area contributed by atoms with Gasteiger partial charge >= 0.3 is 7.60 Å². The van der Waals surface area contributed by atoms with E-state index in [1.165, 1.54) is 0 Å². The number of nitrogens with zero attached hydrogens (tertiary/aromatic N) is 2. The quantitative estimate of drug-likeness (QED) is 0.381. The Labute approximate surface area is 162 Å². The van der Waals surface area contributed by atoms with Crippen LogP contribution in [0.3, 0.4) is 0 Å². The van der Waals surface area contributed by atoms with Crippen LogP contribution in [-0.4, -0.2) is 27.3 Å². The van der Waals surface area contributed by atoms with E-state index in [4.69, 9.17) is 15.2 Å². The fraction of sp³-hybridized carbons (Fsp3) is 0.300. The fourth-order valence-corrected chi connectivity index (χ4v) is 4.23. The Kier molecular flexibility index (Phi) is 4.93. The van der Waals surface area contributed by atoms with Crippen molar-refractivity contribution in [1.29, 1.82) is 0 Å². The highest BCUT2D eigenvalue weighted by molar-refractivity contribution is 7.52. The minimum absolute atomic E-state index is 0.00185. The highest BCUT2D eigenvalue weighted by Gasteiger charge is 2.26. The molecule has 1 atom stereocenters. The molecular weight excluding hydrogens is 377 g/mol. The van der Waals surface area contributed by atoms with Crippen LogP contribution in [0.25, 0.3) is 22.3 Å². The van der Waals surface area contributed by atoms with E-state index >= 15 is 0 Å². The number of hydrogen-bond acceptors (Lipinski definition) is 5. The molecule has 0 bridgehead atoms. The number of rotatable bonds is 6. The number of aromatic nitrogens is 2. The van der Waals surface area contributed by atoms with Crippen molar-refractivity contribution in [3.63, 3.8) is 0 Å². The first-order valence-corrected chi connectivity index (χ1v) is 11.0. The number of nitrogens with two attached hydrogens (primary N) is 1. The molecule has 1 aliphatic heterocycles.